The Morgan fingerprint density at radius 1 is 1.30 bits per heavy atom. The Labute approximate surface area is 137 Å². The van der Waals surface area contributed by atoms with E-state index in [1.807, 2.05) is 18.2 Å². The maximum Gasteiger partial charge on any atom is 0.144 e. The molecule has 0 amide bonds. The summed E-state index contributed by atoms with van der Waals surface area (Å²) in [6, 6.07) is 5.83. The van der Waals surface area contributed by atoms with E-state index in [9.17, 15) is 4.79 Å². The predicted octanol–water partition coefficient (Wildman–Crippen LogP) is 2.58. The number of hydrogen-bond acceptors (Lipinski definition) is 5. The number of nitrogens with zero attached hydrogens (tertiary/aromatic N) is 1. The van der Waals surface area contributed by atoms with Crippen molar-refractivity contribution in [2.75, 3.05) is 14.2 Å². The molecule has 1 N–H and O–H groups in total. The summed E-state index contributed by atoms with van der Waals surface area (Å²) in [6.45, 7) is 4.29. The number of carbonyl (C=O) groups excluding carboxylic acids is 1. The Hall–Kier alpha value is -2.04. The lowest BCUT2D eigenvalue weighted by molar-refractivity contribution is -0.126. The van der Waals surface area contributed by atoms with Crippen molar-refractivity contribution in [2.24, 2.45) is 16.4 Å². The van der Waals surface area contributed by atoms with Crippen LogP contribution in [-0.2, 0) is 11.2 Å². The van der Waals surface area contributed by atoms with Gasteiger partial charge in [0.15, 0.2) is 0 Å². The Morgan fingerprint density at radius 3 is 2.78 bits per heavy atom. The third-order valence-corrected chi connectivity index (χ3v) is 4.77. The fourth-order valence-electron chi connectivity index (χ4n) is 3.73. The quantitative estimate of drug-likeness (QED) is 0.927. The van der Waals surface area contributed by atoms with Gasteiger partial charge in [-0.3, -0.25) is 4.79 Å². The van der Waals surface area contributed by atoms with Crippen LogP contribution in [0.2, 0.25) is 0 Å². The summed E-state index contributed by atoms with van der Waals surface area (Å²) in [6.07, 6.45) is 2.18. The number of ketones is 1. The molecule has 23 heavy (non-hydrogen) atoms. The molecule has 1 fully saturated rings. The van der Waals surface area contributed by atoms with Gasteiger partial charge in [0.25, 0.3) is 0 Å². The van der Waals surface area contributed by atoms with Crippen molar-refractivity contribution in [1.29, 1.82) is 0 Å². The van der Waals surface area contributed by atoms with Crippen molar-refractivity contribution < 1.29 is 14.3 Å². The molecule has 0 radical (unpaired) electrons. The van der Waals surface area contributed by atoms with Crippen LogP contribution in [0.5, 0.6) is 11.5 Å². The van der Waals surface area contributed by atoms with Crippen LogP contribution in [0, 0.1) is 11.3 Å². The Morgan fingerprint density at radius 2 is 2.09 bits per heavy atom. The normalized spacial score (nSPS) is 25.4. The van der Waals surface area contributed by atoms with Crippen LogP contribution in [0.4, 0.5) is 0 Å². The predicted molar refractivity (Wildman–Crippen MR) is 89.1 cm³/mol. The second kappa shape index (κ2) is 5.87. The van der Waals surface area contributed by atoms with Crippen LogP contribution in [0.3, 0.4) is 0 Å². The van der Waals surface area contributed by atoms with Crippen LogP contribution < -0.4 is 14.9 Å². The van der Waals surface area contributed by atoms with E-state index in [1.54, 1.807) is 14.2 Å². The smallest absolute Gasteiger partial charge is 0.144 e. The number of hydrogen-bond donors (Lipinski definition) is 1. The molecular formula is C18H24N2O3. The average Bonchev–Trinajstić information content (AvgIpc) is 2.88. The maximum atomic E-state index is 12.6. The molecule has 3 rings (SSSR count). The van der Waals surface area contributed by atoms with Crippen molar-refractivity contribution in [1.82, 2.24) is 5.43 Å². The molecule has 5 nitrogen and oxygen atoms in total. The van der Waals surface area contributed by atoms with Crippen molar-refractivity contribution in [3.8, 4) is 11.5 Å². The van der Waals surface area contributed by atoms with E-state index in [4.69, 9.17) is 9.47 Å². The van der Waals surface area contributed by atoms with Gasteiger partial charge in [0.05, 0.1) is 31.9 Å². The highest BCUT2D eigenvalue weighted by molar-refractivity contribution is 6.08. The minimum Gasteiger partial charge on any atom is -0.497 e. The first-order chi connectivity index (χ1) is 10.9. The zero-order valence-corrected chi connectivity index (χ0v) is 14.2. The van der Waals surface area contributed by atoms with Crippen molar-refractivity contribution in [3.63, 3.8) is 0 Å². The number of nitrogens with one attached hydrogen (secondary N) is 1. The van der Waals surface area contributed by atoms with Crippen molar-refractivity contribution in [3.05, 3.63) is 23.8 Å². The van der Waals surface area contributed by atoms with E-state index < -0.39 is 0 Å². The van der Waals surface area contributed by atoms with Gasteiger partial charge in [-0.2, -0.15) is 5.10 Å². The molecule has 2 atom stereocenters. The minimum absolute atomic E-state index is 0.0455. The summed E-state index contributed by atoms with van der Waals surface area (Å²) < 4.78 is 10.7. The largest absolute Gasteiger partial charge is 0.497 e. The van der Waals surface area contributed by atoms with Gasteiger partial charge in [-0.05, 0) is 30.0 Å². The number of ether oxygens (including phenoxy) is 2. The van der Waals surface area contributed by atoms with E-state index in [0.29, 0.717) is 12.8 Å². The summed E-state index contributed by atoms with van der Waals surface area (Å²) >= 11 is 0. The first kappa shape index (κ1) is 15.8. The van der Waals surface area contributed by atoms with E-state index in [0.717, 1.165) is 29.2 Å². The first-order valence-electron chi connectivity index (χ1n) is 7.99. The standard InChI is InChI=1S/C18H24N2O3/c1-18(2)9-14-17(15(21)10-18)13(19-20-14)8-11-7-12(22-3)5-6-16(11)23-4/h5-7,14,17,20H,8-10H2,1-4H3/t14-,17+/m0/s1. The zero-order chi connectivity index (χ0) is 16.6. The molecule has 1 aromatic carbocycles. The maximum absolute atomic E-state index is 12.6. The lowest BCUT2D eigenvalue weighted by atomic mass is 9.68. The zero-order valence-electron chi connectivity index (χ0n) is 14.2. The van der Waals surface area contributed by atoms with Crippen LogP contribution in [0.15, 0.2) is 23.3 Å². The molecule has 1 heterocycles. The van der Waals surface area contributed by atoms with Gasteiger partial charge >= 0.3 is 0 Å². The summed E-state index contributed by atoms with van der Waals surface area (Å²) in [5.41, 5.74) is 5.12. The van der Waals surface area contributed by atoms with Gasteiger partial charge < -0.3 is 14.9 Å². The molecule has 0 saturated heterocycles. The van der Waals surface area contributed by atoms with Crippen LogP contribution in [-0.4, -0.2) is 31.8 Å². The van der Waals surface area contributed by atoms with E-state index in [-0.39, 0.29) is 23.2 Å². The highest BCUT2D eigenvalue weighted by Gasteiger charge is 2.45. The highest BCUT2D eigenvalue weighted by atomic mass is 16.5. The van der Waals surface area contributed by atoms with Gasteiger partial charge in [0, 0.05) is 18.4 Å². The van der Waals surface area contributed by atoms with Gasteiger partial charge in [-0.15, -0.1) is 0 Å². The summed E-state index contributed by atoms with van der Waals surface area (Å²) in [5, 5.41) is 4.47. The number of hydrazone groups is 1. The Kier molecular flexibility index (Phi) is 4.04. The lowest BCUT2D eigenvalue weighted by Crippen LogP contribution is -2.45. The topological polar surface area (TPSA) is 59.9 Å². The van der Waals surface area contributed by atoms with Gasteiger partial charge in [-0.25, -0.2) is 0 Å². The number of Topliss-reactive ketones (excluding diaryl/α,β-unsaturated/α-hetero) is 1. The van der Waals surface area contributed by atoms with Gasteiger partial charge in [0.2, 0.25) is 0 Å². The van der Waals surface area contributed by atoms with Crippen LogP contribution >= 0.6 is 0 Å². The van der Waals surface area contributed by atoms with Gasteiger partial charge in [-0.1, -0.05) is 13.8 Å². The van der Waals surface area contributed by atoms with Gasteiger partial charge in [0.1, 0.15) is 17.3 Å². The number of methoxy groups -OCH3 is 2. The molecule has 0 bridgehead atoms. The molecule has 2 aliphatic rings. The molecule has 0 unspecified atom stereocenters. The Balaban J connectivity index is 1.83. The summed E-state index contributed by atoms with van der Waals surface area (Å²) in [4.78, 5) is 12.6. The monoisotopic (exact) mass is 316 g/mol. The molecule has 1 aliphatic carbocycles. The number of benzene rings is 1. The molecule has 0 spiro atoms. The van der Waals surface area contributed by atoms with E-state index >= 15 is 0 Å². The molecule has 1 saturated carbocycles. The van der Waals surface area contributed by atoms with E-state index in [1.165, 1.54) is 0 Å². The summed E-state index contributed by atoms with van der Waals surface area (Å²) in [5.74, 6) is 1.75. The molecular weight excluding hydrogens is 292 g/mol. The first-order valence-corrected chi connectivity index (χ1v) is 7.99. The van der Waals surface area contributed by atoms with Crippen molar-refractivity contribution >= 4 is 11.5 Å². The minimum atomic E-state index is -0.112. The second-order valence-corrected chi connectivity index (χ2v) is 7.18. The van der Waals surface area contributed by atoms with Crippen molar-refractivity contribution in [2.45, 2.75) is 39.2 Å². The highest BCUT2D eigenvalue weighted by Crippen LogP contribution is 2.39. The second-order valence-electron chi connectivity index (χ2n) is 7.18. The van der Waals surface area contributed by atoms with E-state index in [2.05, 4.69) is 24.4 Å². The fraction of sp³-hybridized carbons (Fsp3) is 0.556. The molecule has 0 aromatic heterocycles. The molecule has 1 aromatic rings. The SMILES string of the molecule is COc1ccc(OC)c(CC2=NN[C@H]3CC(C)(C)CC(=O)[C@H]23)c1. The lowest BCUT2D eigenvalue weighted by Gasteiger charge is -2.36. The number of rotatable bonds is 4. The average molecular weight is 316 g/mol. The van der Waals surface area contributed by atoms with Crippen LogP contribution in [0.25, 0.3) is 0 Å². The summed E-state index contributed by atoms with van der Waals surface area (Å²) in [7, 11) is 3.29. The van der Waals surface area contributed by atoms with Crippen LogP contribution in [0.1, 0.15) is 32.3 Å². The third-order valence-electron chi connectivity index (χ3n) is 4.77. The molecule has 1 aliphatic heterocycles. The number of carbonyl (C=O) groups is 1. The fourth-order valence-corrected chi connectivity index (χ4v) is 3.73. The third kappa shape index (κ3) is 3.05. The molecule has 5 heteroatoms. The number of fused-ring (bicyclic) bond motifs is 1. The Bertz CT molecular complexity index is 652. The molecule has 124 valence electrons.